The van der Waals surface area contributed by atoms with Crippen molar-refractivity contribution in [2.75, 3.05) is 5.32 Å². The molecular formula is C17H13FN2O2S. The molecular weight excluding hydrogens is 315 g/mol. The molecule has 23 heavy (non-hydrogen) atoms. The minimum absolute atomic E-state index is 0.296. The largest absolute Gasteiger partial charge is 0.486 e. The van der Waals surface area contributed by atoms with Gasteiger partial charge in [-0.15, -0.1) is 11.3 Å². The second-order valence-corrected chi connectivity index (χ2v) is 5.44. The van der Waals surface area contributed by atoms with E-state index in [-0.39, 0.29) is 11.7 Å². The molecule has 0 aliphatic carbocycles. The van der Waals surface area contributed by atoms with Gasteiger partial charge in [-0.1, -0.05) is 12.1 Å². The first-order valence-electron chi connectivity index (χ1n) is 6.88. The first kappa shape index (κ1) is 15.2. The monoisotopic (exact) mass is 328 g/mol. The molecule has 116 valence electrons. The molecule has 1 aromatic heterocycles. The van der Waals surface area contributed by atoms with Crippen LogP contribution in [0, 0.1) is 5.82 Å². The number of anilines is 1. The average molecular weight is 328 g/mol. The van der Waals surface area contributed by atoms with Gasteiger partial charge in [0.1, 0.15) is 18.2 Å². The SMILES string of the molecule is O=C(Nc1ccc(F)cc1)c1ccccc1OCc1cscn1. The van der Waals surface area contributed by atoms with Crippen molar-refractivity contribution in [1.82, 2.24) is 4.98 Å². The lowest BCUT2D eigenvalue weighted by atomic mass is 10.2. The zero-order chi connectivity index (χ0) is 16.1. The minimum Gasteiger partial charge on any atom is -0.486 e. The predicted octanol–water partition coefficient (Wildman–Crippen LogP) is 4.11. The van der Waals surface area contributed by atoms with E-state index in [1.165, 1.54) is 35.6 Å². The number of amides is 1. The summed E-state index contributed by atoms with van der Waals surface area (Å²) in [6, 6.07) is 12.6. The van der Waals surface area contributed by atoms with Crippen molar-refractivity contribution in [3.63, 3.8) is 0 Å². The number of carbonyl (C=O) groups excluding carboxylic acids is 1. The van der Waals surface area contributed by atoms with Crippen LogP contribution in [0.2, 0.25) is 0 Å². The lowest BCUT2D eigenvalue weighted by Gasteiger charge is -2.11. The van der Waals surface area contributed by atoms with Gasteiger partial charge in [0.05, 0.1) is 16.8 Å². The van der Waals surface area contributed by atoms with Gasteiger partial charge in [0.2, 0.25) is 0 Å². The van der Waals surface area contributed by atoms with Crippen LogP contribution in [-0.4, -0.2) is 10.9 Å². The molecule has 0 bridgehead atoms. The van der Waals surface area contributed by atoms with Crippen molar-refractivity contribution in [3.05, 3.63) is 76.5 Å². The molecule has 4 nitrogen and oxygen atoms in total. The van der Waals surface area contributed by atoms with Crippen molar-refractivity contribution in [2.24, 2.45) is 0 Å². The fraction of sp³-hybridized carbons (Fsp3) is 0.0588. The third kappa shape index (κ3) is 3.92. The van der Waals surface area contributed by atoms with Crippen LogP contribution in [0.3, 0.4) is 0 Å². The standard InChI is InChI=1S/C17H13FN2O2S/c18-12-5-7-13(8-6-12)20-17(21)15-3-1-2-4-16(15)22-9-14-10-23-11-19-14/h1-8,10-11H,9H2,(H,20,21). The van der Waals surface area contributed by atoms with E-state index < -0.39 is 0 Å². The number of nitrogens with one attached hydrogen (secondary N) is 1. The Morgan fingerprint density at radius 2 is 1.96 bits per heavy atom. The summed E-state index contributed by atoms with van der Waals surface area (Å²) in [5.74, 6) is -0.194. The fourth-order valence-corrected chi connectivity index (χ4v) is 2.52. The summed E-state index contributed by atoms with van der Waals surface area (Å²) >= 11 is 1.49. The predicted molar refractivity (Wildman–Crippen MR) is 87.2 cm³/mol. The summed E-state index contributed by atoms with van der Waals surface area (Å²) in [6.07, 6.45) is 0. The summed E-state index contributed by atoms with van der Waals surface area (Å²) in [4.78, 5) is 16.5. The molecule has 3 aromatic rings. The Labute approximate surface area is 136 Å². The lowest BCUT2D eigenvalue weighted by molar-refractivity contribution is 0.102. The van der Waals surface area contributed by atoms with Gasteiger partial charge in [-0.25, -0.2) is 9.37 Å². The van der Waals surface area contributed by atoms with E-state index in [1.54, 1.807) is 29.8 Å². The molecule has 3 rings (SSSR count). The normalized spacial score (nSPS) is 10.3. The van der Waals surface area contributed by atoms with E-state index in [1.807, 2.05) is 5.38 Å². The van der Waals surface area contributed by atoms with Crippen LogP contribution in [0.1, 0.15) is 16.1 Å². The smallest absolute Gasteiger partial charge is 0.259 e. The number of benzene rings is 2. The third-order valence-electron chi connectivity index (χ3n) is 3.09. The van der Waals surface area contributed by atoms with Crippen molar-refractivity contribution in [1.29, 1.82) is 0 Å². The van der Waals surface area contributed by atoms with Gasteiger partial charge in [0, 0.05) is 11.1 Å². The summed E-state index contributed by atoms with van der Waals surface area (Å²) < 4.78 is 18.6. The van der Waals surface area contributed by atoms with Gasteiger partial charge in [0.25, 0.3) is 5.91 Å². The number of hydrogen-bond acceptors (Lipinski definition) is 4. The zero-order valence-electron chi connectivity index (χ0n) is 12.0. The topological polar surface area (TPSA) is 51.2 Å². The van der Waals surface area contributed by atoms with Crippen LogP contribution >= 0.6 is 11.3 Å². The Hall–Kier alpha value is -2.73. The molecule has 1 N–H and O–H groups in total. The Balaban J connectivity index is 1.73. The third-order valence-corrected chi connectivity index (χ3v) is 3.73. The summed E-state index contributed by atoms with van der Waals surface area (Å²) in [5.41, 5.74) is 3.47. The maximum atomic E-state index is 12.9. The highest BCUT2D eigenvalue weighted by Gasteiger charge is 2.12. The Morgan fingerprint density at radius 3 is 2.70 bits per heavy atom. The fourth-order valence-electron chi connectivity index (χ4n) is 1.97. The quantitative estimate of drug-likeness (QED) is 0.767. The number of nitrogens with zero attached hydrogens (tertiary/aromatic N) is 1. The average Bonchev–Trinajstić information content (AvgIpc) is 3.09. The van der Waals surface area contributed by atoms with Crippen molar-refractivity contribution < 1.29 is 13.9 Å². The maximum Gasteiger partial charge on any atom is 0.259 e. The summed E-state index contributed by atoms with van der Waals surface area (Å²) in [5, 5.41) is 4.61. The Morgan fingerprint density at radius 1 is 1.17 bits per heavy atom. The number of rotatable bonds is 5. The van der Waals surface area contributed by atoms with Crippen LogP contribution < -0.4 is 10.1 Å². The van der Waals surface area contributed by atoms with E-state index in [0.29, 0.717) is 23.6 Å². The van der Waals surface area contributed by atoms with E-state index in [4.69, 9.17) is 4.74 Å². The molecule has 0 aliphatic heterocycles. The van der Waals surface area contributed by atoms with Crippen LogP contribution in [-0.2, 0) is 6.61 Å². The van der Waals surface area contributed by atoms with E-state index in [9.17, 15) is 9.18 Å². The number of hydrogen-bond donors (Lipinski definition) is 1. The molecule has 6 heteroatoms. The first-order valence-corrected chi connectivity index (χ1v) is 7.82. The molecule has 0 spiro atoms. The number of carbonyl (C=O) groups is 1. The van der Waals surface area contributed by atoms with Gasteiger partial charge < -0.3 is 10.1 Å². The van der Waals surface area contributed by atoms with Crippen LogP contribution in [0.4, 0.5) is 10.1 Å². The molecule has 2 aromatic carbocycles. The van der Waals surface area contributed by atoms with Gasteiger partial charge >= 0.3 is 0 Å². The van der Waals surface area contributed by atoms with Crippen molar-refractivity contribution >= 4 is 22.9 Å². The number of halogens is 1. The van der Waals surface area contributed by atoms with E-state index in [2.05, 4.69) is 10.3 Å². The Bertz CT molecular complexity index is 789. The van der Waals surface area contributed by atoms with Crippen LogP contribution in [0.15, 0.2) is 59.4 Å². The number of aromatic nitrogens is 1. The highest BCUT2D eigenvalue weighted by molar-refractivity contribution is 7.07. The zero-order valence-corrected chi connectivity index (χ0v) is 12.8. The van der Waals surface area contributed by atoms with Gasteiger partial charge in [0.15, 0.2) is 0 Å². The molecule has 0 unspecified atom stereocenters. The van der Waals surface area contributed by atoms with Gasteiger partial charge in [-0.2, -0.15) is 0 Å². The van der Waals surface area contributed by atoms with E-state index in [0.717, 1.165) is 5.69 Å². The van der Waals surface area contributed by atoms with Gasteiger partial charge in [-0.05, 0) is 36.4 Å². The number of ether oxygens (including phenoxy) is 1. The van der Waals surface area contributed by atoms with Crippen molar-refractivity contribution in [2.45, 2.75) is 6.61 Å². The molecule has 0 radical (unpaired) electrons. The molecule has 0 saturated carbocycles. The van der Waals surface area contributed by atoms with Crippen molar-refractivity contribution in [3.8, 4) is 5.75 Å². The highest BCUT2D eigenvalue weighted by atomic mass is 32.1. The van der Waals surface area contributed by atoms with Crippen LogP contribution in [0.25, 0.3) is 0 Å². The minimum atomic E-state index is -0.352. The number of para-hydroxylation sites is 1. The highest BCUT2D eigenvalue weighted by Crippen LogP contribution is 2.21. The molecule has 0 atom stereocenters. The second-order valence-electron chi connectivity index (χ2n) is 4.73. The molecule has 1 heterocycles. The number of thiazole rings is 1. The molecule has 0 fully saturated rings. The second kappa shape index (κ2) is 7.02. The first-order chi connectivity index (χ1) is 11.2. The molecule has 1 amide bonds. The van der Waals surface area contributed by atoms with Gasteiger partial charge in [-0.3, -0.25) is 4.79 Å². The van der Waals surface area contributed by atoms with E-state index >= 15 is 0 Å². The lowest BCUT2D eigenvalue weighted by Crippen LogP contribution is -2.13. The van der Waals surface area contributed by atoms with Crippen LogP contribution in [0.5, 0.6) is 5.75 Å². The summed E-state index contributed by atoms with van der Waals surface area (Å²) in [6.45, 7) is 0.296. The summed E-state index contributed by atoms with van der Waals surface area (Å²) in [7, 11) is 0. The maximum absolute atomic E-state index is 12.9. The Kier molecular flexibility index (Phi) is 4.63. The molecule has 0 aliphatic rings. The molecule has 0 saturated heterocycles.